The van der Waals surface area contributed by atoms with Crippen LogP contribution in [0.5, 0.6) is 0 Å². The highest BCUT2D eigenvalue weighted by Gasteiger charge is 1.88. The van der Waals surface area contributed by atoms with Gasteiger partial charge in [-0.1, -0.05) is 42.5 Å². The summed E-state index contributed by atoms with van der Waals surface area (Å²) in [6.45, 7) is 0. The van der Waals surface area contributed by atoms with Crippen LogP contribution in [-0.2, 0) is 0 Å². The van der Waals surface area contributed by atoms with Gasteiger partial charge in [-0.2, -0.15) is 12.6 Å². The van der Waals surface area contributed by atoms with E-state index in [1.165, 1.54) is 5.56 Å². The summed E-state index contributed by atoms with van der Waals surface area (Å²) in [5.74, 6) is 0. The largest absolute Gasteiger partial charge is 0.319 e. The lowest BCUT2D eigenvalue weighted by Crippen LogP contribution is -2.09. The second-order valence-electron chi connectivity index (χ2n) is 2.62. The topological polar surface area (TPSA) is 26.0 Å². The minimum absolute atomic E-state index is 0.0510. The predicted octanol–water partition coefficient (Wildman–Crippen LogP) is 2.30. The zero-order valence-corrected chi connectivity index (χ0v) is 7.74. The van der Waals surface area contributed by atoms with Crippen LogP contribution in [0.2, 0.25) is 0 Å². The zero-order chi connectivity index (χ0) is 8.81. The Labute approximate surface area is 78.7 Å². The van der Waals surface area contributed by atoms with Crippen LogP contribution in [0.1, 0.15) is 12.0 Å². The molecule has 1 aromatic carbocycles. The molecule has 0 heterocycles. The lowest BCUT2D eigenvalue weighted by molar-refractivity contribution is 0.945. The van der Waals surface area contributed by atoms with Gasteiger partial charge in [0, 0.05) is 0 Å². The first kappa shape index (κ1) is 9.36. The number of nitrogens with two attached hydrogens (primary N) is 1. The van der Waals surface area contributed by atoms with Gasteiger partial charge in [0.1, 0.15) is 0 Å². The molecule has 0 radical (unpaired) electrons. The van der Waals surface area contributed by atoms with Gasteiger partial charge in [-0.15, -0.1) is 0 Å². The van der Waals surface area contributed by atoms with Gasteiger partial charge in [0.15, 0.2) is 0 Å². The Balaban J connectivity index is 2.47. The Morgan fingerprint density at radius 2 is 2.00 bits per heavy atom. The average molecular weight is 179 g/mol. The summed E-state index contributed by atoms with van der Waals surface area (Å²) in [6.07, 6.45) is 4.89. The van der Waals surface area contributed by atoms with Gasteiger partial charge in [0.05, 0.1) is 5.37 Å². The molecular weight excluding hydrogens is 166 g/mol. The smallest absolute Gasteiger partial charge is 0.0512 e. The molecule has 0 aliphatic heterocycles. The van der Waals surface area contributed by atoms with Crippen molar-refractivity contribution in [3.8, 4) is 0 Å². The van der Waals surface area contributed by atoms with Crippen molar-refractivity contribution in [2.75, 3.05) is 0 Å². The predicted molar refractivity (Wildman–Crippen MR) is 57.1 cm³/mol. The van der Waals surface area contributed by atoms with E-state index in [1.807, 2.05) is 24.3 Å². The van der Waals surface area contributed by atoms with Gasteiger partial charge in [0.25, 0.3) is 0 Å². The van der Waals surface area contributed by atoms with Gasteiger partial charge in [-0.05, 0) is 12.0 Å². The molecule has 2 heteroatoms. The number of rotatable bonds is 3. The third-order valence-electron chi connectivity index (χ3n) is 1.49. The summed E-state index contributed by atoms with van der Waals surface area (Å²) < 4.78 is 0. The highest BCUT2D eigenvalue weighted by molar-refractivity contribution is 7.80. The van der Waals surface area contributed by atoms with Crippen LogP contribution in [0.15, 0.2) is 36.4 Å². The van der Waals surface area contributed by atoms with Gasteiger partial charge in [-0.3, -0.25) is 0 Å². The van der Waals surface area contributed by atoms with E-state index in [0.717, 1.165) is 6.42 Å². The number of benzene rings is 1. The molecule has 0 bridgehead atoms. The van der Waals surface area contributed by atoms with E-state index >= 15 is 0 Å². The van der Waals surface area contributed by atoms with E-state index in [1.54, 1.807) is 0 Å². The third kappa shape index (κ3) is 3.60. The molecule has 2 N–H and O–H groups in total. The maximum atomic E-state index is 5.47. The van der Waals surface area contributed by atoms with Crippen molar-refractivity contribution in [2.24, 2.45) is 5.73 Å². The number of hydrogen-bond donors (Lipinski definition) is 2. The molecule has 64 valence electrons. The third-order valence-corrected chi connectivity index (χ3v) is 1.70. The maximum absolute atomic E-state index is 5.47. The molecule has 1 atom stereocenters. The SMILES string of the molecule is N[C@@H](S)C/C=C/c1ccccc1. The number of hydrogen-bond acceptors (Lipinski definition) is 2. The fourth-order valence-corrected chi connectivity index (χ4v) is 1.03. The van der Waals surface area contributed by atoms with Crippen LogP contribution in [0.4, 0.5) is 0 Å². The van der Waals surface area contributed by atoms with Gasteiger partial charge in [-0.25, -0.2) is 0 Å². The Bertz CT molecular complexity index is 241. The van der Waals surface area contributed by atoms with Gasteiger partial charge in [0.2, 0.25) is 0 Å². The quantitative estimate of drug-likeness (QED) is 0.540. The molecule has 0 fully saturated rings. The first-order valence-corrected chi connectivity index (χ1v) is 4.46. The number of thiol groups is 1. The summed E-state index contributed by atoms with van der Waals surface area (Å²) in [6, 6.07) is 10.1. The monoisotopic (exact) mass is 179 g/mol. The molecule has 0 saturated heterocycles. The fraction of sp³-hybridized carbons (Fsp3) is 0.200. The van der Waals surface area contributed by atoms with Crippen LogP contribution >= 0.6 is 12.6 Å². The Morgan fingerprint density at radius 3 is 2.58 bits per heavy atom. The van der Waals surface area contributed by atoms with E-state index in [2.05, 4.69) is 30.8 Å². The second kappa shape index (κ2) is 5.01. The van der Waals surface area contributed by atoms with Gasteiger partial charge >= 0.3 is 0 Å². The summed E-state index contributed by atoms with van der Waals surface area (Å²) in [4.78, 5) is 0. The molecule has 0 unspecified atom stereocenters. The molecule has 1 nitrogen and oxygen atoms in total. The van der Waals surface area contributed by atoms with E-state index in [0.29, 0.717) is 0 Å². The Morgan fingerprint density at radius 1 is 1.33 bits per heavy atom. The standard InChI is InChI=1S/C10H13NS/c11-10(12)8-4-7-9-5-2-1-3-6-9/h1-7,10,12H,8,11H2/b7-4+/t10-/m0/s1. The van der Waals surface area contributed by atoms with Crippen LogP contribution in [0.25, 0.3) is 6.08 Å². The first-order chi connectivity index (χ1) is 5.79. The molecule has 12 heavy (non-hydrogen) atoms. The lowest BCUT2D eigenvalue weighted by Gasteiger charge is -1.96. The van der Waals surface area contributed by atoms with Crippen LogP contribution in [0, 0.1) is 0 Å². The summed E-state index contributed by atoms with van der Waals surface area (Å²) >= 11 is 4.07. The zero-order valence-electron chi connectivity index (χ0n) is 6.85. The maximum Gasteiger partial charge on any atom is 0.0512 e. The highest BCUT2D eigenvalue weighted by Crippen LogP contribution is 2.03. The summed E-state index contributed by atoms with van der Waals surface area (Å²) in [5.41, 5.74) is 6.67. The van der Waals surface area contributed by atoms with Crippen LogP contribution < -0.4 is 5.73 Å². The van der Waals surface area contributed by atoms with Crippen LogP contribution in [-0.4, -0.2) is 5.37 Å². The molecule has 0 aliphatic rings. The van der Waals surface area contributed by atoms with E-state index < -0.39 is 0 Å². The molecular formula is C10H13NS. The van der Waals surface area contributed by atoms with Crippen molar-refractivity contribution in [1.29, 1.82) is 0 Å². The van der Waals surface area contributed by atoms with Crippen LogP contribution in [0.3, 0.4) is 0 Å². The summed E-state index contributed by atoms with van der Waals surface area (Å²) in [7, 11) is 0. The highest BCUT2D eigenvalue weighted by atomic mass is 32.1. The van der Waals surface area contributed by atoms with Crippen molar-refractivity contribution in [2.45, 2.75) is 11.8 Å². The molecule has 1 rings (SSSR count). The second-order valence-corrected chi connectivity index (χ2v) is 3.28. The first-order valence-electron chi connectivity index (χ1n) is 3.94. The van der Waals surface area contributed by atoms with Crippen molar-refractivity contribution in [3.05, 3.63) is 42.0 Å². The molecule has 1 aromatic rings. The Hall–Kier alpha value is -0.730. The Kier molecular flexibility index (Phi) is 3.91. The van der Waals surface area contributed by atoms with Crippen molar-refractivity contribution >= 4 is 18.7 Å². The molecule has 0 aliphatic carbocycles. The van der Waals surface area contributed by atoms with E-state index in [4.69, 9.17) is 5.73 Å². The minimum atomic E-state index is -0.0510. The van der Waals surface area contributed by atoms with Crippen molar-refractivity contribution in [1.82, 2.24) is 0 Å². The molecule has 0 aromatic heterocycles. The summed E-state index contributed by atoms with van der Waals surface area (Å²) in [5, 5.41) is -0.0510. The van der Waals surface area contributed by atoms with Gasteiger partial charge < -0.3 is 5.73 Å². The van der Waals surface area contributed by atoms with Crippen molar-refractivity contribution in [3.63, 3.8) is 0 Å². The normalized spacial score (nSPS) is 13.5. The van der Waals surface area contributed by atoms with Crippen molar-refractivity contribution < 1.29 is 0 Å². The average Bonchev–Trinajstić information content (AvgIpc) is 2.05. The lowest BCUT2D eigenvalue weighted by atomic mass is 10.2. The molecule has 0 amide bonds. The van der Waals surface area contributed by atoms with E-state index in [-0.39, 0.29) is 5.37 Å². The minimum Gasteiger partial charge on any atom is -0.319 e. The molecule has 0 spiro atoms. The van der Waals surface area contributed by atoms with E-state index in [9.17, 15) is 0 Å². The molecule has 0 saturated carbocycles. The fourth-order valence-electron chi connectivity index (χ4n) is 0.908.